The number of nitrogens with zero attached hydrogens (tertiary/aromatic N) is 2. The standard InChI is InChI=1S/C23H31ClN4O3S/c1-4-5-6-7-12-25-20(29)13-19-15-32-23(26-19)27-21(30)14-28(16(2)3)22(31)17-8-10-18(24)11-9-17/h8-11,15-16H,4-7,12-14H2,1-3H3,(H,25,29)(H,26,27,30). The molecular weight excluding hydrogens is 448 g/mol. The lowest BCUT2D eigenvalue weighted by Gasteiger charge is -2.26. The predicted molar refractivity (Wildman–Crippen MR) is 129 cm³/mol. The van der Waals surface area contributed by atoms with E-state index in [2.05, 4.69) is 22.5 Å². The number of anilines is 1. The molecule has 1 aromatic carbocycles. The van der Waals surface area contributed by atoms with Crippen molar-refractivity contribution >= 4 is 45.8 Å². The van der Waals surface area contributed by atoms with Crippen LogP contribution in [0.15, 0.2) is 29.6 Å². The molecule has 7 nitrogen and oxygen atoms in total. The third-order valence-corrected chi connectivity index (χ3v) is 5.84. The molecule has 0 saturated heterocycles. The Morgan fingerprint density at radius 1 is 1.09 bits per heavy atom. The Morgan fingerprint density at radius 3 is 2.47 bits per heavy atom. The number of aromatic nitrogens is 1. The number of thiazole rings is 1. The number of halogens is 1. The second-order valence-electron chi connectivity index (χ2n) is 7.81. The molecule has 0 aliphatic heterocycles. The van der Waals surface area contributed by atoms with Crippen molar-refractivity contribution in [1.29, 1.82) is 0 Å². The molecule has 0 saturated carbocycles. The summed E-state index contributed by atoms with van der Waals surface area (Å²) in [5, 5.41) is 8.32. The highest BCUT2D eigenvalue weighted by Gasteiger charge is 2.22. The summed E-state index contributed by atoms with van der Waals surface area (Å²) in [5.74, 6) is -0.672. The van der Waals surface area contributed by atoms with Gasteiger partial charge in [0.1, 0.15) is 6.54 Å². The van der Waals surface area contributed by atoms with Crippen LogP contribution in [-0.2, 0) is 16.0 Å². The first-order valence-electron chi connectivity index (χ1n) is 10.9. The van der Waals surface area contributed by atoms with Crippen molar-refractivity contribution in [3.8, 4) is 0 Å². The van der Waals surface area contributed by atoms with E-state index < -0.39 is 0 Å². The van der Waals surface area contributed by atoms with Crippen molar-refractivity contribution in [1.82, 2.24) is 15.2 Å². The van der Waals surface area contributed by atoms with Gasteiger partial charge in [-0.25, -0.2) is 4.98 Å². The molecule has 0 atom stereocenters. The van der Waals surface area contributed by atoms with Crippen LogP contribution < -0.4 is 10.6 Å². The van der Waals surface area contributed by atoms with Crippen molar-refractivity contribution in [2.75, 3.05) is 18.4 Å². The SMILES string of the molecule is CCCCCCNC(=O)Cc1csc(NC(=O)CN(C(=O)c2ccc(Cl)cc2)C(C)C)n1. The molecule has 0 bridgehead atoms. The van der Waals surface area contributed by atoms with Gasteiger partial charge in [0.05, 0.1) is 12.1 Å². The quantitative estimate of drug-likeness (QED) is 0.438. The number of carbonyl (C=O) groups is 3. The van der Waals surface area contributed by atoms with Gasteiger partial charge in [0.2, 0.25) is 11.8 Å². The predicted octanol–water partition coefficient (Wildman–Crippen LogP) is 4.52. The minimum atomic E-state index is -0.345. The van der Waals surface area contributed by atoms with E-state index in [1.54, 1.807) is 29.6 Å². The van der Waals surface area contributed by atoms with Gasteiger partial charge in [0, 0.05) is 28.6 Å². The van der Waals surface area contributed by atoms with E-state index in [1.165, 1.54) is 22.7 Å². The topological polar surface area (TPSA) is 91.4 Å². The van der Waals surface area contributed by atoms with Crippen LogP contribution in [0.4, 0.5) is 5.13 Å². The zero-order valence-electron chi connectivity index (χ0n) is 18.8. The highest BCUT2D eigenvalue weighted by atomic mass is 35.5. The Labute approximate surface area is 198 Å². The van der Waals surface area contributed by atoms with Gasteiger partial charge >= 0.3 is 0 Å². The fourth-order valence-corrected chi connectivity index (χ4v) is 3.87. The Balaban J connectivity index is 1.86. The van der Waals surface area contributed by atoms with Crippen molar-refractivity contribution in [2.45, 2.75) is 58.9 Å². The van der Waals surface area contributed by atoms with Crippen LogP contribution in [-0.4, -0.2) is 46.7 Å². The van der Waals surface area contributed by atoms with Crippen LogP contribution in [0.3, 0.4) is 0 Å². The molecule has 2 rings (SSSR count). The van der Waals surface area contributed by atoms with Gasteiger partial charge in [0.15, 0.2) is 5.13 Å². The Bertz CT molecular complexity index is 899. The Hall–Kier alpha value is -2.45. The summed E-state index contributed by atoms with van der Waals surface area (Å²) in [6.07, 6.45) is 4.58. The highest BCUT2D eigenvalue weighted by Crippen LogP contribution is 2.17. The molecule has 0 fully saturated rings. The number of carbonyl (C=O) groups excluding carboxylic acids is 3. The van der Waals surface area contributed by atoms with E-state index in [-0.39, 0.29) is 36.7 Å². The van der Waals surface area contributed by atoms with Crippen LogP contribution in [0.1, 0.15) is 62.5 Å². The lowest BCUT2D eigenvalue weighted by molar-refractivity contribution is -0.120. The van der Waals surface area contributed by atoms with Gasteiger partial charge in [-0.15, -0.1) is 11.3 Å². The summed E-state index contributed by atoms with van der Waals surface area (Å²) in [4.78, 5) is 43.2. The lowest BCUT2D eigenvalue weighted by atomic mass is 10.1. The third kappa shape index (κ3) is 8.59. The number of unbranched alkanes of at least 4 members (excludes halogenated alkanes) is 3. The summed E-state index contributed by atoms with van der Waals surface area (Å²) >= 11 is 7.15. The monoisotopic (exact) mass is 478 g/mol. The van der Waals surface area contributed by atoms with E-state index in [9.17, 15) is 14.4 Å². The fraction of sp³-hybridized carbons (Fsp3) is 0.478. The van der Waals surface area contributed by atoms with Gasteiger partial charge in [-0.2, -0.15) is 0 Å². The number of benzene rings is 1. The molecule has 3 amide bonds. The zero-order valence-corrected chi connectivity index (χ0v) is 20.4. The van der Waals surface area contributed by atoms with Crippen molar-refractivity contribution in [2.24, 2.45) is 0 Å². The maximum atomic E-state index is 12.8. The molecule has 0 unspecified atom stereocenters. The molecule has 0 spiro atoms. The van der Waals surface area contributed by atoms with E-state index in [4.69, 9.17) is 11.6 Å². The normalized spacial score (nSPS) is 10.8. The summed E-state index contributed by atoms with van der Waals surface area (Å²) in [6, 6.07) is 6.40. The van der Waals surface area contributed by atoms with Crippen LogP contribution in [0.2, 0.25) is 5.02 Å². The minimum Gasteiger partial charge on any atom is -0.356 e. The van der Waals surface area contributed by atoms with E-state index in [0.29, 0.717) is 28.0 Å². The second-order valence-corrected chi connectivity index (χ2v) is 9.11. The van der Waals surface area contributed by atoms with E-state index in [1.807, 2.05) is 13.8 Å². The van der Waals surface area contributed by atoms with Crippen molar-refractivity contribution < 1.29 is 14.4 Å². The first kappa shape index (κ1) is 25.8. The van der Waals surface area contributed by atoms with Gasteiger partial charge in [-0.1, -0.05) is 37.8 Å². The molecule has 1 aromatic heterocycles. The van der Waals surface area contributed by atoms with Crippen LogP contribution >= 0.6 is 22.9 Å². The fourth-order valence-electron chi connectivity index (χ4n) is 3.01. The molecule has 0 aliphatic rings. The molecular formula is C23H31ClN4O3S. The average Bonchev–Trinajstić information content (AvgIpc) is 3.18. The molecule has 174 valence electrons. The number of amides is 3. The summed E-state index contributed by atoms with van der Waals surface area (Å²) in [7, 11) is 0. The summed E-state index contributed by atoms with van der Waals surface area (Å²) < 4.78 is 0. The molecule has 9 heteroatoms. The molecule has 0 aliphatic carbocycles. The van der Waals surface area contributed by atoms with Gasteiger partial charge in [-0.05, 0) is 44.5 Å². The number of hydrogen-bond acceptors (Lipinski definition) is 5. The van der Waals surface area contributed by atoms with Gasteiger partial charge < -0.3 is 15.5 Å². The lowest BCUT2D eigenvalue weighted by Crippen LogP contribution is -2.42. The Kier molecular flexibility index (Phi) is 10.6. The van der Waals surface area contributed by atoms with Gasteiger partial charge in [0.25, 0.3) is 5.91 Å². The van der Waals surface area contributed by atoms with Crippen molar-refractivity contribution in [3.05, 3.63) is 45.9 Å². The number of rotatable bonds is 12. The smallest absolute Gasteiger partial charge is 0.254 e. The summed E-state index contributed by atoms with van der Waals surface area (Å²) in [5.41, 5.74) is 1.07. The van der Waals surface area contributed by atoms with Crippen LogP contribution in [0, 0.1) is 0 Å². The highest BCUT2D eigenvalue weighted by molar-refractivity contribution is 7.13. The molecule has 0 radical (unpaired) electrons. The maximum Gasteiger partial charge on any atom is 0.254 e. The average molecular weight is 479 g/mol. The first-order chi connectivity index (χ1) is 15.3. The van der Waals surface area contributed by atoms with Crippen LogP contribution in [0.5, 0.6) is 0 Å². The Morgan fingerprint density at radius 2 is 1.81 bits per heavy atom. The number of hydrogen-bond donors (Lipinski definition) is 2. The van der Waals surface area contributed by atoms with Gasteiger partial charge in [-0.3, -0.25) is 14.4 Å². The third-order valence-electron chi connectivity index (χ3n) is 4.78. The number of nitrogens with one attached hydrogen (secondary N) is 2. The molecule has 1 heterocycles. The van der Waals surface area contributed by atoms with E-state index >= 15 is 0 Å². The first-order valence-corrected chi connectivity index (χ1v) is 12.1. The zero-order chi connectivity index (χ0) is 23.5. The second kappa shape index (κ2) is 13.2. The van der Waals surface area contributed by atoms with Crippen LogP contribution in [0.25, 0.3) is 0 Å². The maximum absolute atomic E-state index is 12.8. The molecule has 32 heavy (non-hydrogen) atoms. The molecule has 2 N–H and O–H groups in total. The van der Waals surface area contributed by atoms with E-state index in [0.717, 1.165) is 19.3 Å². The minimum absolute atomic E-state index is 0.0794. The molecule has 2 aromatic rings. The summed E-state index contributed by atoms with van der Waals surface area (Å²) in [6.45, 7) is 6.41. The van der Waals surface area contributed by atoms with Crippen molar-refractivity contribution in [3.63, 3.8) is 0 Å². The largest absolute Gasteiger partial charge is 0.356 e.